The maximum atomic E-state index is 13.2. The van der Waals surface area contributed by atoms with Crippen molar-refractivity contribution in [3.8, 4) is 11.5 Å². The lowest BCUT2D eigenvalue weighted by atomic mass is 9.38. The third kappa shape index (κ3) is 4.77. The van der Waals surface area contributed by atoms with Gasteiger partial charge < -0.3 is 14.8 Å². The van der Waals surface area contributed by atoms with Crippen molar-refractivity contribution in [2.45, 2.75) is 31.2 Å². The Balaban J connectivity index is 1.17. The minimum atomic E-state index is -1.02. The van der Waals surface area contributed by atoms with Crippen molar-refractivity contribution in [1.82, 2.24) is 5.32 Å². The molecule has 164 valence electrons. The Labute approximate surface area is 187 Å². The largest absolute Gasteiger partial charge is 0.486 e. The number of hydrogen-bond donors (Lipinski definition) is 1. The summed E-state index contributed by atoms with van der Waals surface area (Å²) in [6, 6.07) is 7.90. The van der Waals surface area contributed by atoms with Crippen molar-refractivity contribution in [3.05, 3.63) is 58.1 Å². The van der Waals surface area contributed by atoms with Gasteiger partial charge in [-0.1, -0.05) is 23.2 Å². The molecule has 3 aliphatic rings. The van der Waals surface area contributed by atoms with Crippen LogP contribution in [0, 0.1) is 17.0 Å². The lowest BCUT2D eigenvalue weighted by molar-refractivity contribution is -0.173. The summed E-state index contributed by atoms with van der Waals surface area (Å²) in [6.45, 7) is -0.350. The third-order valence-corrected chi connectivity index (χ3v) is 6.41. The van der Waals surface area contributed by atoms with Crippen molar-refractivity contribution in [2.24, 2.45) is 5.41 Å². The molecule has 2 bridgehead atoms. The maximum absolute atomic E-state index is 13.2. The fourth-order valence-corrected chi connectivity index (χ4v) is 4.85. The first kappa shape index (κ1) is 21.8. The van der Waals surface area contributed by atoms with E-state index in [1.807, 2.05) is 0 Å². The van der Waals surface area contributed by atoms with E-state index >= 15 is 0 Å². The molecule has 9 heteroatoms. The van der Waals surface area contributed by atoms with E-state index in [-0.39, 0.29) is 41.6 Å². The van der Waals surface area contributed by atoms with Crippen LogP contribution in [0.3, 0.4) is 0 Å². The first-order chi connectivity index (χ1) is 14.7. The number of rotatable bonds is 9. The molecule has 0 aliphatic heterocycles. The van der Waals surface area contributed by atoms with Gasteiger partial charge in [-0.05, 0) is 48.9 Å². The van der Waals surface area contributed by atoms with Crippen LogP contribution in [-0.2, 0) is 9.59 Å². The predicted molar refractivity (Wildman–Crippen MR) is 111 cm³/mol. The number of hydrogen-bond acceptors (Lipinski definition) is 4. The number of ketones is 1. The summed E-state index contributed by atoms with van der Waals surface area (Å²) in [7, 11) is 0. The quantitative estimate of drug-likeness (QED) is 0.576. The maximum Gasteiger partial charge on any atom is 0.258 e. The Morgan fingerprint density at radius 2 is 1.55 bits per heavy atom. The normalized spacial score (nSPS) is 23.4. The molecule has 2 aromatic carbocycles. The van der Waals surface area contributed by atoms with Crippen LogP contribution in [-0.4, -0.2) is 30.4 Å². The van der Waals surface area contributed by atoms with Crippen LogP contribution in [0.15, 0.2) is 36.4 Å². The average molecular weight is 470 g/mol. The lowest BCUT2D eigenvalue weighted by Crippen LogP contribution is -2.75. The van der Waals surface area contributed by atoms with E-state index in [9.17, 15) is 18.4 Å². The molecule has 0 spiro atoms. The summed E-state index contributed by atoms with van der Waals surface area (Å²) < 4.78 is 36.8. The monoisotopic (exact) mass is 469 g/mol. The van der Waals surface area contributed by atoms with Crippen LogP contribution in [0.25, 0.3) is 0 Å². The topological polar surface area (TPSA) is 64.6 Å². The van der Waals surface area contributed by atoms with Crippen molar-refractivity contribution in [1.29, 1.82) is 0 Å². The van der Waals surface area contributed by atoms with Gasteiger partial charge in [0.15, 0.2) is 24.0 Å². The molecule has 3 aliphatic carbocycles. The van der Waals surface area contributed by atoms with Gasteiger partial charge in [0, 0.05) is 24.1 Å². The van der Waals surface area contributed by atoms with Crippen LogP contribution >= 0.6 is 23.2 Å². The van der Waals surface area contributed by atoms with E-state index in [1.165, 1.54) is 6.07 Å². The Kier molecular flexibility index (Phi) is 5.83. The number of Topliss-reactive ketones (excluding diaryl/α,β-unsaturated/α-hetero) is 1. The molecule has 5 nitrogen and oxygen atoms in total. The summed E-state index contributed by atoms with van der Waals surface area (Å²) in [5.74, 6) is -1.80. The molecule has 3 saturated carbocycles. The first-order valence-corrected chi connectivity index (χ1v) is 10.4. The summed E-state index contributed by atoms with van der Waals surface area (Å²) in [5.41, 5.74) is -0.397. The Bertz CT molecular complexity index is 947. The second-order valence-corrected chi connectivity index (χ2v) is 9.12. The van der Waals surface area contributed by atoms with Crippen LogP contribution in [0.2, 0.25) is 10.0 Å². The molecule has 0 aromatic heterocycles. The molecule has 0 radical (unpaired) electrons. The predicted octanol–water partition coefficient (Wildman–Crippen LogP) is 4.73. The molecule has 31 heavy (non-hydrogen) atoms. The molecule has 0 unspecified atom stereocenters. The highest BCUT2D eigenvalue weighted by Crippen LogP contribution is 2.68. The highest BCUT2D eigenvalue weighted by molar-refractivity contribution is 6.42. The molecular formula is C22H19Cl2F2NO4. The first-order valence-electron chi connectivity index (χ1n) is 9.66. The van der Waals surface area contributed by atoms with E-state index in [0.717, 1.165) is 31.4 Å². The fourth-order valence-electron chi connectivity index (χ4n) is 4.57. The summed E-state index contributed by atoms with van der Waals surface area (Å²) in [5, 5.41) is 3.73. The highest BCUT2D eigenvalue weighted by Gasteiger charge is 2.68. The summed E-state index contributed by atoms with van der Waals surface area (Å²) >= 11 is 11.8. The Morgan fingerprint density at radius 3 is 2.23 bits per heavy atom. The number of nitrogens with one attached hydrogen (secondary N) is 1. The molecule has 0 heterocycles. The molecule has 1 N–H and O–H groups in total. The number of carbonyl (C=O) groups is 2. The van der Waals surface area contributed by atoms with Crippen molar-refractivity contribution in [2.75, 3.05) is 13.2 Å². The van der Waals surface area contributed by atoms with Gasteiger partial charge in [-0.2, -0.15) is 0 Å². The fraction of sp³-hybridized carbons (Fsp3) is 0.364. The van der Waals surface area contributed by atoms with Crippen molar-refractivity contribution in [3.63, 3.8) is 0 Å². The van der Waals surface area contributed by atoms with Gasteiger partial charge in [0.25, 0.3) is 5.91 Å². The molecule has 5 rings (SSSR count). The van der Waals surface area contributed by atoms with Crippen LogP contribution in [0.5, 0.6) is 11.5 Å². The smallest absolute Gasteiger partial charge is 0.258 e. The summed E-state index contributed by atoms with van der Waals surface area (Å²) in [6.07, 6.45) is 2.48. The molecule has 0 atom stereocenters. The minimum absolute atomic E-state index is 0.107. The van der Waals surface area contributed by atoms with Gasteiger partial charge >= 0.3 is 0 Å². The number of amides is 1. The van der Waals surface area contributed by atoms with Gasteiger partial charge in [0.05, 0.1) is 10.0 Å². The van der Waals surface area contributed by atoms with Gasteiger partial charge in [-0.15, -0.1) is 0 Å². The Morgan fingerprint density at radius 1 is 0.903 bits per heavy atom. The third-order valence-electron chi connectivity index (χ3n) is 5.67. The zero-order valence-corrected chi connectivity index (χ0v) is 17.9. The number of carbonyl (C=O) groups excluding carboxylic acids is 2. The number of benzene rings is 2. The zero-order valence-electron chi connectivity index (χ0n) is 16.4. The molecule has 3 fully saturated rings. The van der Waals surface area contributed by atoms with E-state index in [1.54, 1.807) is 18.2 Å². The van der Waals surface area contributed by atoms with E-state index in [4.69, 9.17) is 32.7 Å². The van der Waals surface area contributed by atoms with Crippen LogP contribution < -0.4 is 14.8 Å². The Hall–Kier alpha value is -2.38. The number of ether oxygens (including phenoxy) is 2. The van der Waals surface area contributed by atoms with E-state index in [0.29, 0.717) is 22.2 Å². The SMILES string of the molecule is O=C(COc1ccc(F)c(F)c1)CC12CC(NC(=O)COc3ccc(Cl)c(Cl)c3)(C1)C2. The lowest BCUT2D eigenvalue weighted by Gasteiger charge is -2.70. The standard InChI is InChI=1S/C22H19Cl2F2NO4/c23-16-3-1-14(5-17(16)24)31-9-20(29)27-22-10-21(11-22,12-22)7-13(28)8-30-15-2-4-18(25)19(26)6-15/h1-6H,7-12H2,(H,27,29). The molecule has 1 amide bonds. The molecule has 0 saturated heterocycles. The van der Waals surface area contributed by atoms with Crippen molar-refractivity contribution >= 4 is 34.9 Å². The van der Waals surface area contributed by atoms with Gasteiger partial charge in [-0.25, -0.2) is 8.78 Å². The molecule has 2 aromatic rings. The van der Waals surface area contributed by atoms with Gasteiger partial charge in [0.1, 0.15) is 18.1 Å². The van der Waals surface area contributed by atoms with Gasteiger partial charge in [0.2, 0.25) is 0 Å². The summed E-state index contributed by atoms with van der Waals surface area (Å²) in [4.78, 5) is 24.4. The highest BCUT2D eigenvalue weighted by atomic mass is 35.5. The van der Waals surface area contributed by atoms with E-state index in [2.05, 4.69) is 5.32 Å². The van der Waals surface area contributed by atoms with Crippen molar-refractivity contribution < 1.29 is 27.8 Å². The second kappa shape index (κ2) is 8.28. The zero-order chi connectivity index (χ0) is 22.2. The van der Waals surface area contributed by atoms with Crippen LogP contribution in [0.4, 0.5) is 8.78 Å². The molecular weight excluding hydrogens is 451 g/mol. The van der Waals surface area contributed by atoms with Gasteiger partial charge in [-0.3, -0.25) is 9.59 Å². The minimum Gasteiger partial charge on any atom is -0.486 e. The van der Waals surface area contributed by atoms with Crippen LogP contribution in [0.1, 0.15) is 25.7 Å². The number of halogens is 4. The average Bonchev–Trinajstić information content (AvgIpc) is 2.67. The second-order valence-electron chi connectivity index (χ2n) is 8.30. The van der Waals surface area contributed by atoms with E-state index < -0.39 is 11.6 Å².